The first kappa shape index (κ1) is 12.1. The van der Waals surface area contributed by atoms with Gasteiger partial charge < -0.3 is 5.11 Å². The molecule has 0 amide bonds. The molecular weight excluding hydrogens is 233 g/mol. The van der Waals surface area contributed by atoms with Gasteiger partial charge in [0.15, 0.2) is 6.17 Å². The lowest BCUT2D eigenvalue weighted by molar-refractivity contribution is -0.145. The SMILES string of the molecule is N#CC1(C(=O)O)C=CC(c2ccccc2)=CC1F. The standard InChI is InChI=1S/C14H10FNO2/c15-12-8-11(10-4-2-1-3-5-10)6-7-14(12,9-16)13(17)18/h1-8,12H,(H,17,18). The van der Waals surface area contributed by atoms with Crippen LogP contribution in [0, 0.1) is 16.7 Å². The first-order valence-electron chi connectivity index (χ1n) is 5.35. The first-order chi connectivity index (χ1) is 8.60. The number of hydrogen-bond donors (Lipinski definition) is 1. The van der Waals surface area contributed by atoms with E-state index in [0.717, 1.165) is 11.6 Å². The molecule has 1 aliphatic rings. The van der Waals surface area contributed by atoms with Crippen molar-refractivity contribution in [2.24, 2.45) is 5.41 Å². The summed E-state index contributed by atoms with van der Waals surface area (Å²) in [6.45, 7) is 0. The van der Waals surface area contributed by atoms with Crippen molar-refractivity contribution in [3.63, 3.8) is 0 Å². The lowest BCUT2D eigenvalue weighted by atomic mass is 9.79. The lowest BCUT2D eigenvalue weighted by Gasteiger charge is -2.24. The van der Waals surface area contributed by atoms with Crippen molar-refractivity contribution in [2.45, 2.75) is 6.17 Å². The van der Waals surface area contributed by atoms with Crippen LogP contribution in [0.5, 0.6) is 0 Å². The Morgan fingerprint density at radius 3 is 2.56 bits per heavy atom. The predicted molar refractivity (Wildman–Crippen MR) is 64.1 cm³/mol. The smallest absolute Gasteiger partial charge is 0.331 e. The van der Waals surface area contributed by atoms with E-state index >= 15 is 0 Å². The molecule has 1 aliphatic carbocycles. The third kappa shape index (κ3) is 1.80. The van der Waals surface area contributed by atoms with E-state index in [9.17, 15) is 9.18 Å². The monoisotopic (exact) mass is 243 g/mol. The van der Waals surface area contributed by atoms with E-state index < -0.39 is 17.6 Å². The van der Waals surface area contributed by atoms with E-state index in [4.69, 9.17) is 10.4 Å². The zero-order valence-corrected chi connectivity index (χ0v) is 9.38. The number of halogens is 1. The minimum atomic E-state index is -2.11. The van der Waals surface area contributed by atoms with Crippen molar-refractivity contribution >= 4 is 11.5 Å². The van der Waals surface area contributed by atoms with Gasteiger partial charge in [-0.2, -0.15) is 5.26 Å². The number of carboxylic acids is 1. The van der Waals surface area contributed by atoms with Crippen molar-refractivity contribution in [3.8, 4) is 6.07 Å². The van der Waals surface area contributed by atoms with Crippen LogP contribution in [0.15, 0.2) is 48.6 Å². The maximum absolute atomic E-state index is 14.0. The van der Waals surface area contributed by atoms with Crippen LogP contribution in [-0.2, 0) is 4.79 Å². The van der Waals surface area contributed by atoms with E-state index in [1.54, 1.807) is 24.3 Å². The van der Waals surface area contributed by atoms with Crippen LogP contribution in [0.25, 0.3) is 5.57 Å². The molecule has 2 unspecified atom stereocenters. The zero-order valence-electron chi connectivity index (χ0n) is 9.38. The number of allylic oxidation sites excluding steroid dienone is 3. The number of alkyl halides is 1. The van der Waals surface area contributed by atoms with Crippen molar-refractivity contribution < 1.29 is 14.3 Å². The second-order valence-corrected chi connectivity index (χ2v) is 4.01. The Hall–Kier alpha value is -2.41. The number of aliphatic carboxylic acids is 1. The predicted octanol–water partition coefficient (Wildman–Crippen LogP) is 2.57. The summed E-state index contributed by atoms with van der Waals surface area (Å²) in [6, 6.07) is 10.6. The topological polar surface area (TPSA) is 61.1 Å². The van der Waals surface area contributed by atoms with Gasteiger partial charge in [-0.1, -0.05) is 36.4 Å². The average Bonchev–Trinajstić information content (AvgIpc) is 2.39. The van der Waals surface area contributed by atoms with E-state index in [1.165, 1.54) is 18.2 Å². The molecule has 0 spiro atoms. The Morgan fingerprint density at radius 1 is 1.39 bits per heavy atom. The number of carboxylic acid groups (broad SMARTS) is 1. The Bertz CT molecular complexity index is 571. The van der Waals surface area contributed by atoms with Crippen LogP contribution >= 0.6 is 0 Å². The number of rotatable bonds is 2. The van der Waals surface area contributed by atoms with Gasteiger partial charge in [-0.25, -0.2) is 4.39 Å². The van der Waals surface area contributed by atoms with Crippen molar-refractivity contribution in [2.75, 3.05) is 0 Å². The quantitative estimate of drug-likeness (QED) is 0.868. The molecule has 1 N–H and O–H groups in total. The van der Waals surface area contributed by atoms with E-state index in [2.05, 4.69) is 0 Å². The summed E-state index contributed by atoms with van der Waals surface area (Å²) in [5.41, 5.74) is -0.748. The number of hydrogen-bond acceptors (Lipinski definition) is 2. The maximum atomic E-state index is 14.0. The molecule has 2 rings (SSSR count). The van der Waals surface area contributed by atoms with Gasteiger partial charge in [0.1, 0.15) is 0 Å². The summed E-state index contributed by atoms with van der Waals surface area (Å²) in [4.78, 5) is 11.0. The second-order valence-electron chi connectivity index (χ2n) is 4.01. The fourth-order valence-corrected chi connectivity index (χ4v) is 1.82. The fourth-order valence-electron chi connectivity index (χ4n) is 1.82. The summed E-state index contributed by atoms with van der Waals surface area (Å²) in [5.74, 6) is -1.47. The number of nitriles is 1. The average molecular weight is 243 g/mol. The molecule has 1 aromatic rings. The Labute approximate surface area is 103 Å². The molecule has 0 heterocycles. The summed E-state index contributed by atoms with van der Waals surface area (Å²) in [6.07, 6.45) is 1.90. The van der Waals surface area contributed by atoms with Crippen LogP contribution in [0.3, 0.4) is 0 Å². The Morgan fingerprint density at radius 2 is 2.06 bits per heavy atom. The molecule has 0 radical (unpaired) electrons. The van der Waals surface area contributed by atoms with Crippen molar-refractivity contribution in [1.82, 2.24) is 0 Å². The highest BCUT2D eigenvalue weighted by Gasteiger charge is 2.46. The van der Waals surface area contributed by atoms with Crippen LogP contribution in [0.2, 0.25) is 0 Å². The second kappa shape index (κ2) is 4.46. The van der Waals surface area contributed by atoms with Gasteiger partial charge in [0.2, 0.25) is 5.41 Å². The number of nitrogens with zero attached hydrogens (tertiary/aromatic N) is 1. The molecule has 0 saturated heterocycles. The normalized spacial score (nSPS) is 26.2. The van der Waals surface area contributed by atoms with E-state index in [1.807, 2.05) is 6.07 Å². The Balaban J connectivity index is 2.40. The third-order valence-electron chi connectivity index (χ3n) is 2.93. The van der Waals surface area contributed by atoms with Gasteiger partial charge in [0.25, 0.3) is 0 Å². The molecule has 0 aliphatic heterocycles. The summed E-state index contributed by atoms with van der Waals surface area (Å²) in [7, 11) is 0. The number of carbonyl (C=O) groups is 1. The molecule has 3 nitrogen and oxygen atoms in total. The van der Waals surface area contributed by atoms with Crippen molar-refractivity contribution in [3.05, 3.63) is 54.1 Å². The molecule has 0 fully saturated rings. The minimum absolute atomic E-state index is 0.579. The van der Waals surface area contributed by atoms with E-state index in [-0.39, 0.29) is 0 Å². The number of benzene rings is 1. The highest BCUT2D eigenvalue weighted by molar-refractivity contribution is 5.87. The first-order valence-corrected chi connectivity index (χ1v) is 5.35. The molecule has 1 aromatic carbocycles. The highest BCUT2D eigenvalue weighted by atomic mass is 19.1. The molecule has 90 valence electrons. The fraction of sp³-hybridized carbons (Fsp3) is 0.143. The highest BCUT2D eigenvalue weighted by Crippen LogP contribution is 2.35. The van der Waals surface area contributed by atoms with Gasteiger partial charge in [0, 0.05) is 0 Å². The van der Waals surface area contributed by atoms with Gasteiger partial charge in [0.05, 0.1) is 6.07 Å². The van der Waals surface area contributed by atoms with Gasteiger partial charge >= 0.3 is 5.97 Å². The molecular formula is C14H10FNO2. The third-order valence-corrected chi connectivity index (χ3v) is 2.93. The molecule has 4 heteroatoms. The van der Waals surface area contributed by atoms with Gasteiger partial charge in [-0.05, 0) is 23.3 Å². The van der Waals surface area contributed by atoms with Crippen molar-refractivity contribution in [1.29, 1.82) is 5.26 Å². The molecule has 0 bridgehead atoms. The largest absolute Gasteiger partial charge is 0.480 e. The summed E-state index contributed by atoms with van der Waals surface area (Å²) in [5, 5.41) is 17.9. The maximum Gasteiger partial charge on any atom is 0.331 e. The van der Waals surface area contributed by atoms with Gasteiger partial charge in [-0.3, -0.25) is 4.79 Å². The molecule has 18 heavy (non-hydrogen) atoms. The Kier molecular flexibility index (Phi) is 2.99. The zero-order chi connectivity index (χ0) is 13.2. The summed E-state index contributed by atoms with van der Waals surface area (Å²) < 4.78 is 14.0. The van der Waals surface area contributed by atoms with Gasteiger partial charge in [-0.15, -0.1) is 0 Å². The minimum Gasteiger partial charge on any atom is -0.480 e. The molecule has 0 saturated carbocycles. The van der Waals surface area contributed by atoms with Crippen LogP contribution in [0.4, 0.5) is 4.39 Å². The van der Waals surface area contributed by atoms with Crippen LogP contribution in [0.1, 0.15) is 5.56 Å². The summed E-state index contributed by atoms with van der Waals surface area (Å²) >= 11 is 0. The van der Waals surface area contributed by atoms with E-state index in [0.29, 0.717) is 5.57 Å². The molecule has 0 aromatic heterocycles. The lowest BCUT2D eigenvalue weighted by Crippen LogP contribution is -2.37. The van der Waals surface area contributed by atoms with Crippen LogP contribution < -0.4 is 0 Å². The van der Waals surface area contributed by atoms with Crippen LogP contribution in [-0.4, -0.2) is 17.2 Å². The molecule has 2 atom stereocenters.